The van der Waals surface area contributed by atoms with Crippen molar-refractivity contribution in [2.45, 2.75) is 32.6 Å². The fourth-order valence-corrected chi connectivity index (χ4v) is 3.39. The number of hydrogen-bond donors (Lipinski definition) is 2. The van der Waals surface area contributed by atoms with E-state index in [-0.39, 0.29) is 0 Å². The second-order valence-electron chi connectivity index (χ2n) is 5.65. The number of aromatic nitrogens is 1. The number of nitrogens with zero attached hydrogens (tertiary/aromatic N) is 2. The first kappa shape index (κ1) is 18.7. The van der Waals surface area contributed by atoms with Crippen LogP contribution >= 0.6 is 22.9 Å². The van der Waals surface area contributed by atoms with Gasteiger partial charge in [0.05, 0.1) is 5.01 Å². The molecular weight excluding hydrogens is 340 g/mol. The van der Waals surface area contributed by atoms with Gasteiger partial charge in [-0.1, -0.05) is 23.7 Å². The fourth-order valence-electron chi connectivity index (χ4n) is 2.36. The Morgan fingerprint density at radius 2 is 2.04 bits per heavy atom. The van der Waals surface area contributed by atoms with E-state index in [0.717, 1.165) is 55.4 Å². The number of hydrogen-bond acceptors (Lipinski definition) is 3. The van der Waals surface area contributed by atoms with Gasteiger partial charge in [0.1, 0.15) is 0 Å². The fraction of sp³-hybridized carbons (Fsp3) is 0.444. The van der Waals surface area contributed by atoms with E-state index >= 15 is 0 Å². The smallest absolute Gasteiger partial charge is 0.190 e. The summed E-state index contributed by atoms with van der Waals surface area (Å²) in [7, 11) is 1.80. The molecule has 0 amide bonds. The van der Waals surface area contributed by atoms with Gasteiger partial charge >= 0.3 is 0 Å². The summed E-state index contributed by atoms with van der Waals surface area (Å²) in [5.74, 6) is 0.849. The molecule has 2 aromatic rings. The van der Waals surface area contributed by atoms with Crippen LogP contribution < -0.4 is 10.6 Å². The summed E-state index contributed by atoms with van der Waals surface area (Å²) in [4.78, 5) is 8.74. The van der Waals surface area contributed by atoms with Crippen molar-refractivity contribution in [3.63, 3.8) is 0 Å². The van der Waals surface area contributed by atoms with Crippen LogP contribution in [0.15, 0.2) is 34.6 Å². The van der Waals surface area contributed by atoms with Crippen molar-refractivity contribution in [1.82, 2.24) is 15.6 Å². The highest BCUT2D eigenvalue weighted by molar-refractivity contribution is 7.09. The molecular formula is C18H25ClN4S. The molecule has 2 N–H and O–H groups in total. The van der Waals surface area contributed by atoms with Crippen molar-refractivity contribution in [3.05, 3.63) is 50.9 Å². The molecule has 0 spiro atoms. The predicted molar refractivity (Wildman–Crippen MR) is 104 cm³/mol. The van der Waals surface area contributed by atoms with Crippen LogP contribution in [0.4, 0.5) is 0 Å². The lowest BCUT2D eigenvalue weighted by Crippen LogP contribution is -2.38. The summed E-state index contributed by atoms with van der Waals surface area (Å²) in [6, 6.07) is 7.96. The molecule has 6 heteroatoms. The standard InChI is InChI=1S/C18H25ClN4S/c1-14-13-24-17(23-14)8-3-4-10-21-18(20-2)22-11-9-15-6-5-7-16(19)12-15/h5-7,12-13H,3-4,8-11H2,1-2H3,(H2,20,21,22). The second-order valence-corrected chi connectivity index (χ2v) is 7.02. The van der Waals surface area contributed by atoms with E-state index in [1.54, 1.807) is 18.4 Å². The summed E-state index contributed by atoms with van der Waals surface area (Å²) in [5.41, 5.74) is 2.35. The summed E-state index contributed by atoms with van der Waals surface area (Å²) in [5, 5.41) is 10.8. The van der Waals surface area contributed by atoms with Gasteiger partial charge in [-0.25, -0.2) is 4.98 Å². The van der Waals surface area contributed by atoms with Gasteiger partial charge in [0.25, 0.3) is 0 Å². The highest BCUT2D eigenvalue weighted by Crippen LogP contribution is 2.12. The van der Waals surface area contributed by atoms with Crippen LogP contribution in [0.3, 0.4) is 0 Å². The molecule has 0 atom stereocenters. The highest BCUT2D eigenvalue weighted by atomic mass is 35.5. The molecule has 0 aliphatic carbocycles. The molecule has 2 rings (SSSR count). The predicted octanol–water partition coefficient (Wildman–Crippen LogP) is 3.84. The quantitative estimate of drug-likeness (QED) is 0.425. The summed E-state index contributed by atoms with van der Waals surface area (Å²) < 4.78 is 0. The Balaban J connectivity index is 1.58. The number of rotatable bonds is 8. The number of aryl methyl sites for hydroxylation is 2. The zero-order chi connectivity index (χ0) is 17.2. The van der Waals surface area contributed by atoms with E-state index in [2.05, 4.69) is 32.1 Å². The molecule has 24 heavy (non-hydrogen) atoms. The first-order valence-electron chi connectivity index (χ1n) is 8.27. The molecule has 0 unspecified atom stereocenters. The number of benzene rings is 1. The average Bonchev–Trinajstić information content (AvgIpc) is 2.98. The lowest BCUT2D eigenvalue weighted by atomic mass is 10.1. The molecule has 130 valence electrons. The Morgan fingerprint density at radius 1 is 1.21 bits per heavy atom. The van der Waals surface area contributed by atoms with E-state index in [4.69, 9.17) is 11.6 Å². The minimum atomic E-state index is 0.783. The monoisotopic (exact) mass is 364 g/mol. The molecule has 0 bridgehead atoms. The molecule has 0 radical (unpaired) electrons. The van der Waals surface area contributed by atoms with Crippen molar-refractivity contribution in [2.75, 3.05) is 20.1 Å². The first-order valence-corrected chi connectivity index (χ1v) is 9.53. The number of guanidine groups is 1. The summed E-state index contributed by atoms with van der Waals surface area (Å²) >= 11 is 7.75. The van der Waals surface area contributed by atoms with Crippen LogP contribution in [0, 0.1) is 6.92 Å². The van der Waals surface area contributed by atoms with Crippen LogP contribution in [0.1, 0.15) is 29.1 Å². The maximum absolute atomic E-state index is 6.00. The van der Waals surface area contributed by atoms with Crippen molar-refractivity contribution >= 4 is 28.9 Å². The summed E-state index contributed by atoms with van der Waals surface area (Å²) in [6.45, 7) is 3.79. The average molecular weight is 365 g/mol. The molecule has 0 fully saturated rings. The van der Waals surface area contributed by atoms with Gasteiger partial charge in [-0.05, 0) is 50.3 Å². The molecule has 0 saturated heterocycles. The van der Waals surface area contributed by atoms with Crippen LogP contribution in [-0.4, -0.2) is 31.1 Å². The van der Waals surface area contributed by atoms with Crippen LogP contribution in [-0.2, 0) is 12.8 Å². The molecule has 0 saturated carbocycles. The topological polar surface area (TPSA) is 49.3 Å². The van der Waals surface area contributed by atoms with Gasteiger partial charge in [0, 0.05) is 36.2 Å². The number of thiazole rings is 1. The molecule has 0 aliphatic heterocycles. The van der Waals surface area contributed by atoms with E-state index in [1.165, 1.54) is 10.6 Å². The van der Waals surface area contributed by atoms with Gasteiger partial charge in [-0.15, -0.1) is 11.3 Å². The molecule has 1 aromatic carbocycles. The summed E-state index contributed by atoms with van der Waals surface area (Å²) in [6.07, 6.45) is 4.22. The Labute approximate surface area is 153 Å². The van der Waals surface area contributed by atoms with E-state index in [0.29, 0.717) is 0 Å². The van der Waals surface area contributed by atoms with Crippen molar-refractivity contribution < 1.29 is 0 Å². The van der Waals surface area contributed by atoms with Gasteiger partial charge in [0.2, 0.25) is 0 Å². The third kappa shape index (κ3) is 6.89. The van der Waals surface area contributed by atoms with Crippen molar-refractivity contribution in [3.8, 4) is 0 Å². The Kier molecular flexibility index (Phi) is 8.05. The lowest BCUT2D eigenvalue weighted by molar-refractivity contribution is 0.691. The molecule has 4 nitrogen and oxygen atoms in total. The maximum atomic E-state index is 6.00. The van der Waals surface area contributed by atoms with Gasteiger partial charge in [0.15, 0.2) is 5.96 Å². The van der Waals surface area contributed by atoms with Crippen molar-refractivity contribution in [2.24, 2.45) is 4.99 Å². The lowest BCUT2D eigenvalue weighted by Gasteiger charge is -2.11. The third-order valence-electron chi connectivity index (χ3n) is 3.60. The third-order valence-corrected chi connectivity index (χ3v) is 4.86. The van der Waals surface area contributed by atoms with Gasteiger partial charge < -0.3 is 10.6 Å². The first-order chi connectivity index (χ1) is 11.7. The minimum absolute atomic E-state index is 0.783. The van der Waals surface area contributed by atoms with Gasteiger partial charge in [-0.2, -0.15) is 0 Å². The molecule has 0 aliphatic rings. The largest absolute Gasteiger partial charge is 0.356 e. The number of unbranched alkanes of at least 4 members (excludes halogenated alkanes) is 1. The molecule has 1 heterocycles. The van der Waals surface area contributed by atoms with Crippen LogP contribution in [0.25, 0.3) is 0 Å². The Morgan fingerprint density at radius 3 is 2.75 bits per heavy atom. The van der Waals surface area contributed by atoms with Crippen LogP contribution in [0.5, 0.6) is 0 Å². The highest BCUT2D eigenvalue weighted by Gasteiger charge is 2.00. The number of aliphatic imine (C=N–C) groups is 1. The van der Waals surface area contributed by atoms with Crippen LogP contribution in [0.2, 0.25) is 5.02 Å². The van der Waals surface area contributed by atoms with E-state index in [1.807, 2.05) is 25.1 Å². The Bertz CT molecular complexity index is 654. The second kappa shape index (κ2) is 10.3. The van der Waals surface area contributed by atoms with Gasteiger partial charge in [-0.3, -0.25) is 4.99 Å². The number of halogens is 1. The number of nitrogens with one attached hydrogen (secondary N) is 2. The van der Waals surface area contributed by atoms with Crippen molar-refractivity contribution in [1.29, 1.82) is 0 Å². The minimum Gasteiger partial charge on any atom is -0.356 e. The zero-order valence-corrected chi connectivity index (χ0v) is 15.9. The zero-order valence-electron chi connectivity index (χ0n) is 14.3. The normalized spacial score (nSPS) is 11.5. The molecule has 1 aromatic heterocycles. The van der Waals surface area contributed by atoms with E-state index in [9.17, 15) is 0 Å². The SMILES string of the molecule is CN=C(NCCCCc1nc(C)cs1)NCCc1cccc(Cl)c1. The van der Waals surface area contributed by atoms with E-state index < -0.39 is 0 Å². The Hall–Kier alpha value is -1.59. The maximum Gasteiger partial charge on any atom is 0.190 e.